The molecule has 12 nitrogen and oxygen atoms in total. The molecule has 4 N–H and O–H groups in total. The number of nitrogens with two attached hydrogens (primary N) is 1. The van der Waals surface area contributed by atoms with Gasteiger partial charge in [0, 0.05) is 12.8 Å². The van der Waals surface area contributed by atoms with Gasteiger partial charge in [0.2, 0.25) is 0 Å². The Labute approximate surface area is 331 Å². The first kappa shape index (κ1) is 50.7. The van der Waals surface area contributed by atoms with Gasteiger partial charge in [0.15, 0.2) is 6.10 Å². The summed E-state index contributed by atoms with van der Waals surface area (Å²) >= 11 is 0. The Morgan fingerprint density at radius 1 is 0.655 bits per heavy atom. The molecule has 0 amide bonds. The van der Waals surface area contributed by atoms with Gasteiger partial charge in [-0.3, -0.25) is 23.4 Å². The number of rotatable bonds is 38. The van der Waals surface area contributed by atoms with Crippen LogP contribution in [0.3, 0.4) is 0 Å². The van der Waals surface area contributed by atoms with E-state index in [1.807, 2.05) is 12.2 Å². The van der Waals surface area contributed by atoms with E-state index in [9.17, 15) is 23.8 Å². The van der Waals surface area contributed by atoms with Crippen molar-refractivity contribution in [3.63, 3.8) is 0 Å². The number of phosphoric acid groups is 1. The second kappa shape index (κ2) is 33.8. The molecule has 55 heavy (non-hydrogen) atoms. The largest absolute Gasteiger partial charge is 0.480 e. The Hall–Kier alpha value is -2.34. The number of carboxylic acid groups (broad SMARTS) is 1. The monoisotopic (exact) mass is 799 g/mol. The van der Waals surface area contributed by atoms with E-state index in [0.29, 0.717) is 31.5 Å². The van der Waals surface area contributed by atoms with Crippen molar-refractivity contribution in [1.82, 2.24) is 0 Å². The molecule has 1 saturated heterocycles. The number of carbonyl (C=O) groups excluding carboxylic acids is 2. The number of carbonyl (C=O) groups is 3. The number of hydrogen-bond acceptors (Lipinski definition) is 10. The van der Waals surface area contributed by atoms with E-state index in [-0.39, 0.29) is 19.4 Å². The number of carboxylic acids is 1. The van der Waals surface area contributed by atoms with Crippen molar-refractivity contribution >= 4 is 25.7 Å². The van der Waals surface area contributed by atoms with Crippen molar-refractivity contribution in [1.29, 1.82) is 0 Å². The van der Waals surface area contributed by atoms with Gasteiger partial charge in [0.1, 0.15) is 12.6 Å². The number of ether oxygens (including phenoxy) is 3. The molecule has 1 heterocycles. The highest BCUT2D eigenvalue weighted by atomic mass is 31.2. The topological polar surface area (TPSA) is 184 Å². The fraction of sp³-hybridized carbons (Fsp3) is 0.786. The quantitative estimate of drug-likeness (QED) is 0.0177. The van der Waals surface area contributed by atoms with E-state index >= 15 is 0 Å². The van der Waals surface area contributed by atoms with Gasteiger partial charge < -0.3 is 29.9 Å². The lowest BCUT2D eigenvalue weighted by Crippen LogP contribution is -2.34. The van der Waals surface area contributed by atoms with Crippen LogP contribution >= 0.6 is 7.82 Å². The average Bonchev–Trinajstić information content (AvgIpc) is 3.92. The van der Waals surface area contributed by atoms with Crippen LogP contribution in [0.4, 0.5) is 0 Å². The van der Waals surface area contributed by atoms with Crippen LogP contribution < -0.4 is 5.73 Å². The zero-order valence-electron chi connectivity index (χ0n) is 34.0. The Morgan fingerprint density at radius 3 is 1.76 bits per heavy atom. The van der Waals surface area contributed by atoms with Crippen LogP contribution in [0.2, 0.25) is 0 Å². The molecule has 1 fully saturated rings. The average molecular weight is 800 g/mol. The summed E-state index contributed by atoms with van der Waals surface area (Å²) in [4.78, 5) is 45.9. The molecule has 0 aromatic rings. The molecule has 5 unspecified atom stereocenters. The number of epoxide rings is 1. The van der Waals surface area contributed by atoms with Gasteiger partial charge in [-0.05, 0) is 51.4 Å². The van der Waals surface area contributed by atoms with E-state index in [4.69, 9.17) is 29.6 Å². The molecule has 0 saturated carbocycles. The number of allylic oxidation sites excluding steroid dienone is 4. The SMILES string of the molecule is CCCCC/C=C/CC1OC1C/C=C\C/C=C\CCCC(=O)OC(COC(=O)CCCCCCCCCCCCCCC)COP(=O)(O)OCC(N)C(=O)O. The van der Waals surface area contributed by atoms with Crippen molar-refractivity contribution in [2.45, 2.75) is 192 Å². The molecular weight excluding hydrogens is 725 g/mol. The van der Waals surface area contributed by atoms with E-state index in [2.05, 4.69) is 42.7 Å². The van der Waals surface area contributed by atoms with Crippen LogP contribution in [-0.2, 0) is 42.2 Å². The van der Waals surface area contributed by atoms with Crippen molar-refractivity contribution in [3.8, 4) is 0 Å². The highest BCUT2D eigenvalue weighted by Gasteiger charge is 2.36. The van der Waals surface area contributed by atoms with Crippen molar-refractivity contribution in [3.05, 3.63) is 36.5 Å². The highest BCUT2D eigenvalue weighted by Crippen LogP contribution is 2.43. The minimum absolute atomic E-state index is 0.0811. The number of phosphoric ester groups is 1. The van der Waals surface area contributed by atoms with Crippen LogP contribution in [0.1, 0.15) is 168 Å². The van der Waals surface area contributed by atoms with E-state index < -0.39 is 51.1 Å². The summed E-state index contributed by atoms with van der Waals surface area (Å²) in [5.41, 5.74) is 5.32. The molecule has 1 rings (SSSR count). The number of esters is 2. The van der Waals surface area contributed by atoms with Crippen LogP contribution in [-0.4, -0.2) is 72.1 Å². The van der Waals surface area contributed by atoms with Crippen molar-refractivity contribution in [2.24, 2.45) is 5.73 Å². The van der Waals surface area contributed by atoms with Crippen molar-refractivity contribution < 1.29 is 52.2 Å². The number of aliphatic carboxylic acids is 1. The number of hydrogen-bond donors (Lipinski definition) is 3. The summed E-state index contributed by atoms with van der Waals surface area (Å²) in [6.45, 7) is 2.70. The molecule has 0 aromatic heterocycles. The Morgan fingerprint density at radius 2 is 1.15 bits per heavy atom. The smallest absolute Gasteiger partial charge is 0.472 e. The molecule has 0 bridgehead atoms. The maximum Gasteiger partial charge on any atom is 0.472 e. The third-order valence-corrected chi connectivity index (χ3v) is 10.2. The van der Waals surface area contributed by atoms with Gasteiger partial charge in [-0.25, -0.2) is 4.57 Å². The lowest BCUT2D eigenvalue weighted by Gasteiger charge is -2.20. The fourth-order valence-electron chi connectivity index (χ4n) is 5.80. The Bertz CT molecular complexity index is 1140. The fourth-order valence-corrected chi connectivity index (χ4v) is 6.58. The normalized spacial score (nSPS) is 17.8. The van der Waals surface area contributed by atoms with Crippen LogP contribution in [0.25, 0.3) is 0 Å². The summed E-state index contributed by atoms with van der Waals surface area (Å²) in [5, 5.41) is 8.88. The maximum absolute atomic E-state index is 12.6. The van der Waals surface area contributed by atoms with Gasteiger partial charge in [0.25, 0.3) is 0 Å². The third kappa shape index (κ3) is 31.4. The van der Waals surface area contributed by atoms with E-state index in [1.54, 1.807) is 0 Å². The van der Waals surface area contributed by atoms with Crippen molar-refractivity contribution in [2.75, 3.05) is 19.8 Å². The van der Waals surface area contributed by atoms with Gasteiger partial charge >= 0.3 is 25.7 Å². The van der Waals surface area contributed by atoms with Crippen LogP contribution in [0.15, 0.2) is 36.5 Å². The first-order chi connectivity index (χ1) is 26.6. The zero-order valence-corrected chi connectivity index (χ0v) is 34.9. The first-order valence-electron chi connectivity index (χ1n) is 21.1. The maximum atomic E-state index is 12.6. The molecular formula is C42H74NO11P. The second-order valence-electron chi connectivity index (χ2n) is 14.5. The molecule has 0 aliphatic carbocycles. The standard InChI is InChI=1S/C42H74NO11P/c1-3-5-7-9-11-12-13-14-15-16-19-23-27-31-40(44)50-33-36(34-51-55(48,49)52-35-37(43)42(46)47)53-41(45)32-28-24-20-17-18-22-26-30-39-38(54-39)29-25-21-10-8-6-4-2/h17,20-22,25-26,36-39H,3-16,18-19,23-24,27-35,43H2,1-2H3,(H,46,47)(H,48,49)/b20-17-,25-21+,26-22-. The molecule has 0 radical (unpaired) electrons. The third-order valence-electron chi connectivity index (χ3n) is 9.29. The predicted molar refractivity (Wildman–Crippen MR) is 216 cm³/mol. The molecule has 5 atom stereocenters. The minimum atomic E-state index is -4.73. The molecule has 1 aliphatic rings. The minimum Gasteiger partial charge on any atom is -0.480 e. The second-order valence-corrected chi connectivity index (χ2v) is 16.0. The summed E-state index contributed by atoms with van der Waals surface area (Å²) in [6, 6.07) is -1.53. The lowest BCUT2D eigenvalue weighted by atomic mass is 10.0. The van der Waals surface area contributed by atoms with Crippen LogP contribution in [0.5, 0.6) is 0 Å². The molecule has 318 valence electrons. The zero-order chi connectivity index (χ0) is 40.4. The molecule has 13 heteroatoms. The summed E-state index contributed by atoms with van der Waals surface area (Å²) in [5.74, 6) is -2.46. The van der Waals surface area contributed by atoms with Crippen LogP contribution in [0, 0.1) is 0 Å². The summed E-state index contributed by atoms with van der Waals surface area (Å²) in [6.07, 6.45) is 36.7. The summed E-state index contributed by atoms with van der Waals surface area (Å²) in [7, 11) is -4.73. The van der Waals surface area contributed by atoms with Gasteiger partial charge in [-0.2, -0.15) is 0 Å². The lowest BCUT2D eigenvalue weighted by molar-refractivity contribution is -0.161. The number of unbranched alkanes of at least 4 members (excludes halogenated alkanes) is 16. The van der Waals surface area contributed by atoms with E-state index in [0.717, 1.165) is 44.9 Å². The van der Waals surface area contributed by atoms with Gasteiger partial charge in [-0.15, -0.1) is 0 Å². The molecule has 0 spiro atoms. The Balaban J connectivity index is 2.34. The van der Waals surface area contributed by atoms with E-state index in [1.165, 1.54) is 77.0 Å². The highest BCUT2D eigenvalue weighted by molar-refractivity contribution is 7.47. The van der Waals surface area contributed by atoms with Gasteiger partial charge in [-0.1, -0.05) is 140 Å². The molecule has 0 aromatic carbocycles. The summed E-state index contributed by atoms with van der Waals surface area (Å²) < 4.78 is 38.3. The molecule has 1 aliphatic heterocycles. The Kier molecular flexibility index (Phi) is 31.1. The first-order valence-corrected chi connectivity index (χ1v) is 22.6. The van der Waals surface area contributed by atoms with Gasteiger partial charge in [0.05, 0.1) is 25.4 Å². The predicted octanol–water partition coefficient (Wildman–Crippen LogP) is 9.83.